The quantitative estimate of drug-likeness (QED) is 0.402. The number of rotatable bonds is 7. The summed E-state index contributed by atoms with van der Waals surface area (Å²) >= 11 is 0. The number of phenols is 1. The number of carboxylic acids is 1. The third kappa shape index (κ3) is 4.93. The zero-order valence-corrected chi connectivity index (χ0v) is 17.8. The van der Waals surface area contributed by atoms with Crippen molar-refractivity contribution >= 4 is 22.7 Å². The summed E-state index contributed by atoms with van der Waals surface area (Å²) in [6.07, 6.45) is 1.99. The Labute approximate surface area is 189 Å². The molecule has 0 saturated carbocycles. The maximum Gasteiger partial charge on any atom is 0.338 e. The summed E-state index contributed by atoms with van der Waals surface area (Å²) in [5, 5.41) is 21.2. The first-order valence-corrected chi connectivity index (χ1v) is 10.2. The van der Waals surface area contributed by atoms with Crippen molar-refractivity contribution in [3.63, 3.8) is 0 Å². The van der Waals surface area contributed by atoms with Crippen molar-refractivity contribution in [2.24, 2.45) is 0 Å². The van der Waals surface area contributed by atoms with Gasteiger partial charge in [-0.1, -0.05) is 30.3 Å². The van der Waals surface area contributed by atoms with Crippen LogP contribution in [0.5, 0.6) is 11.6 Å². The first-order valence-electron chi connectivity index (χ1n) is 10.2. The number of benzene rings is 3. The number of phenolic OH excluding ortho intramolecular Hbond substituents is 1. The van der Waals surface area contributed by atoms with Gasteiger partial charge in [-0.3, -0.25) is 0 Å². The fourth-order valence-electron chi connectivity index (χ4n) is 3.49. The van der Waals surface area contributed by atoms with Gasteiger partial charge in [0.05, 0.1) is 18.2 Å². The highest BCUT2D eigenvalue weighted by atomic mass is 16.5. The molecule has 1 heterocycles. The maximum atomic E-state index is 12.6. The Balaban J connectivity index is 1.54. The molecule has 0 bridgehead atoms. The average molecular weight is 443 g/mol. The van der Waals surface area contributed by atoms with Gasteiger partial charge in [-0.05, 0) is 52.4 Å². The molecule has 4 aromatic rings. The van der Waals surface area contributed by atoms with Crippen LogP contribution in [0.3, 0.4) is 0 Å². The molecular weight excluding hydrogens is 422 g/mol. The van der Waals surface area contributed by atoms with E-state index in [0.29, 0.717) is 28.8 Å². The number of aromatic hydroxyl groups is 1. The SMILES string of the molecule is COc1cc(COC(=O)c2ccc3ccc(Cc4ccc(C(=O)O)cc4)c(O)c3c2)ccn1. The van der Waals surface area contributed by atoms with E-state index in [9.17, 15) is 14.7 Å². The largest absolute Gasteiger partial charge is 0.507 e. The molecule has 3 aromatic carbocycles. The Kier molecular flexibility index (Phi) is 6.22. The Morgan fingerprint density at radius 3 is 2.36 bits per heavy atom. The Morgan fingerprint density at radius 1 is 0.909 bits per heavy atom. The van der Waals surface area contributed by atoms with Crippen molar-refractivity contribution in [1.82, 2.24) is 4.98 Å². The highest BCUT2D eigenvalue weighted by Crippen LogP contribution is 2.31. The van der Waals surface area contributed by atoms with E-state index in [4.69, 9.17) is 14.6 Å². The van der Waals surface area contributed by atoms with Crippen molar-refractivity contribution in [1.29, 1.82) is 0 Å². The first kappa shape index (κ1) is 21.8. The van der Waals surface area contributed by atoms with E-state index < -0.39 is 11.9 Å². The lowest BCUT2D eigenvalue weighted by atomic mass is 9.98. The number of hydrogen-bond acceptors (Lipinski definition) is 6. The van der Waals surface area contributed by atoms with Crippen LogP contribution in [0.2, 0.25) is 0 Å². The van der Waals surface area contributed by atoms with Crippen LogP contribution in [0.15, 0.2) is 72.9 Å². The van der Waals surface area contributed by atoms with Crippen molar-refractivity contribution in [2.75, 3.05) is 7.11 Å². The molecule has 1 aromatic heterocycles. The minimum atomic E-state index is -0.988. The Hall–Kier alpha value is -4.39. The standard InChI is InChI=1S/C26H21NO6/c1-32-23-13-17(10-11-27-23)15-33-26(31)21-9-7-18-6-8-20(24(28)22(18)14-21)12-16-2-4-19(5-3-16)25(29)30/h2-11,13-14,28H,12,15H2,1H3,(H,29,30). The van der Waals surface area contributed by atoms with Crippen LogP contribution >= 0.6 is 0 Å². The second-order valence-corrected chi connectivity index (χ2v) is 7.47. The zero-order chi connectivity index (χ0) is 23.4. The number of carboxylic acid groups (broad SMARTS) is 1. The smallest absolute Gasteiger partial charge is 0.338 e. The number of nitrogens with zero attached hydrogens (tertiary/aromatic N) is 1. The number of pyridine rings is 1. The van der Waals surface area contributed by atoms with Gasteiger partial charge in [0.25, 0.3) is 0 Å². The number of carbonyl (C=O) groups is 2. The predicted octanol–water partition coefficient (Wildman–Crippen LogP) is 4.60. The monoisotopic (exact) mass is 443 g/mol. The molecule has 7 nitrogen and oxygen atoms in total. The van der Waals surface area contributed by atoms with Gasteiger partial charge in [0.15, 0.2) is 0 Å². The molecule has 2 N–H and O–H groups in total. The molecule has 0 aliphatic carbocycles. The van der Waals surface area contributed by atoms with E-state index in [-0.39, 0.29) is 17.9 Å². The summed E-state index contributed by atoms with van der Waals surface area (Å²) in [6, 6.07) is 18.6. The second-order valence-electron chi connectivity index (χ2n) is 7.47. The zero-order valence-electron chi connectivity index (χ0n) is 17.8. The molecular formula is C26H21NO6. The van der Waals surface area contributed by atoms with Crippen LogP contribution < -0.4 is 4.74 Å². The van der Waals surface area contributed by atoms with Crippen LogP contribution in [0, 0.1) is 0 Å². The topological polar surface area (TPSA) is 106 Å². The minimum Gasteiger partial charge on any atom is -0.507 e. The third-order valence-corrected chi connectivity index (χ3v) is 5.29. The third-order valence-electron chi connectivity index (χ3n) is 5.29. The van der Waals surface area contributed by atoms with E-state index in [2.05, 4.69) is 4.98 Å². The number of aromatic carboxylic acids is 1. The lowest BCUT2D eigenvalue weighted by Crippen LogP contribution is -2.05. The fourth-order valence-corrected chi connectivity index (χ4v) is 3.49. The number of hydrogen-bond donors (Lipinski definition) is 2. The van der Waals surface area contributed by atoms with Crippen LogP contribution in [-0.4, -0.2) is 34.2 Å². The molecule has 0 saturated heterocycles. The summed E-state index contributed by atoms with van der Waals surface area (Å²) in [6.45, 7) is 0.0636. The van der Waals surface area contributed by atoms with Crippen molar-refractivity contribution in [2.45, 2.75) is 13.0 Å². The molecule has 166 valence electrons. The molecule has 0 spiro atoms. The van der Waals surface area contributed by atoms with E-state index in [1.165, 1.54) is 19.2 Å². The van der Waals surface area contributed by atoms with E-state index in [1.54, 1.807) is 48.7 Å². The molecule has 0 atom stereocenters. The summed E-state index contributed by atoms with van der Waals surface area (Å²) in [5.74, 6) is -0.994. The van der Waals surface area contributed by atoms with Gasteiger partial charge < -0.3 is 19.7 Å². The number of aromatic nitrogens is 1. The highest BCUT2D eigenvalue weighted by molar-refractivity contribution is 5.98. The molecule has 4 rings (SSSR count). The minimum absolute atomic E-state index is 0.0636. The molecule has 0 aliphatic heterocycles. The summed E-state index contributed by atoms with van der Waals surface area (Å²) < 4.78 is 10.5. The van der Waals surface area contributed by atoms with Gasteiger partial charge in [0.1, 0.15) is 12.4 Å². The number of esters is 1. The molecule has 0 amide bonds. The first-order chi connectivity index (χ1) is 15.9. The van der Waals surface area contributed by atoms with Crippen molar-refractivity contribution in [3.05, 3.63) is 101 Å². The van der Waals surface area contributed by atoms with Gasteiger partial charge in [0, 0.05) is 24.1 Å². The van der Waals surface area contributed by atoms with Gasteiger partial charge in [-0.15, -0.1) is 0 Å². The fraction of sp³-hybridized carbons (Fsp3) is 0.115. The lowest BCUT2D eigenvalue weighted by molar-refractivity contribution is 0.0472. The lowest BCUT2D eigenvalue weighted by Gasteiger charge is -2.11. The van der Waals surface area contributed by atoms with Crippen LogP contribution in [-0.2, 0) is 17.8 Å². The summed E-state index contributed by atoms with van der Waals surface area (Å²) in [5.41, 5.74) is 2.80. The molecule has 33 heavy (non-hydrogen) atoms. The van der Waals surface area contributed by atoms with E-state index in [1.807, 2.05) is 12.1 Å². The molecule has 0 radical (unpaired) electrons. The average Bonchev–Trinajstić information content (AvgIpc) is 2.84. The molecule has 7 heteroatoms. The maximum absolute atomic E-state index is 12.6. The van der Waals surface area contributed by atoms with Crippen molar-refractivity contribution in [3.8, 4) is 11.6 Å². The van der Waals surface area contributed by atoms with Gasteiger partial charge in [-0.25, -0.2) is 14.6 Å². The molecule has 0 unspecified atom stereocenters. The van der Waals surface area contributed by atoms with Crippen LogP contribution in [0.1, 0.15) is 37.4 Å². The van der Waals surface area contributed by atoms with Gasteiger partial charge >= 0.3 is 11.9 Å². The van der Waals surface area contributed by atoms with Gasteiger partial charge in [-0.2, -0.15) is 0 Å². The normalized spacial score (nSPS) is 10.7. The van der Waals surface area contributed by atoms with E-state index in [0.717, 1.165) is 16.5 Å². The number of carbonyl (C=O) groups excluding carboxylic acids is 1. The van der Waals surface area contributed by atoms with Gasteiger partial charge in [0.2, 0.25) is 5.88 Å². The second kappa shape index (κ2) is 9.40. The number of methoxy groups -OCH3 is 1. The van der Waals surface area contributed by atoms with Crippen LogP contribution in [0.4, 0.5) is 0 Å². The summed E-state index contributed by atoms with van der Waals surface area (Å²) in [7, 11) is 1.51. The van der Waals surface area contributed by atoms with E-state index >= 15 is 0 Å². The molecule has 0 fully saturated rings. The Bertz CT molecular complexity index is 1330. The number of ether oxygens (including phenoxy) is 2. The molecule has 0 aliphatic rings. The van der Waals surface area contributed by atoms with Crippen LogP contribution in [0.25, 0.3) is 10.8 Å². The van der Waals surface area contributed by atoms with Crippen molar-refractivity contribution < 1.29 is 29.3 Å². The Morgan fingerprint density at radius 2 is 1.64 bits per heavy atom. The predicted molar refractivity (Wildman–Crippen MR) is 122 cm³/mol. The summed E-state index contributed by atoms with van der Waals surface area (Å²) in [4.78, 5) is 27.6. The number of fused-ring (bicyclic) bond motifs is 1. The highest BCUT2D eigenvalue weighted by Gasteiger charge is 2.13.